The molecule has 3 aromatic rings. The topological polar surface area (TPSA) is 56.2 Å². The van der Waals surface area contributed by atoms with E-state index in [0.717, 1.165) is 12.1 Å². The van der Waals surface area contributed by atoms with Crippen molar-refractivity contribution in [3.05, 3.63) is 59.4 Å². The molecule has 0 unspecified atom stereocenters. The number of halogens is 3. The first kappa shape index (κ1) is 13.4. The molecule has 108 valence electrons. The average molecular weight is 292 g/mol. The highest BCUT2D eigenvalue weighted by Gasteiger charge is 2.30. The normalized spacial score (nSPS) is 12.0. The number of aromatic nitrogens is 3. The van der Waals surface area contributed by atoms with Crippen LogP contribution in [0.4, 0.5) is 19.0 Å². The molecule has 2 heterocycles. The smallest absolute Gasteiger partial charge is 0.384 e. The van der Waals surface area contributed by atoms with Gasteiger partial charge in [-0.1, -0.05) is 24.3 Å². The molecule has 2 aromatic heterocycles. The van der Waals surface area contributed by atoms with Crippen molar-refractivity contribution in [2.75, 3.05) is 5.73 Å². The minimum atomic E-state index is -4.35. The van der Waals surface area contributed by atoms with Gasteiger partial charge in [-0.2, -0.15) is 17.7 Å². The van der Waals surface area contributed by atoms with Gasteiger partial charge in [0.15, 0.2) is 11.5 Å². The average Bonchev–Trinajstić information content (AvgIpc) is 2.82. The Balaban J connectivity index is 1.93. The van der Waals surface area contributed by atoms with Gasteiger partial charge < -0.3 is 5.73 Å². The maximum Gasteiger partial charge on any atom is 0.416 e. The van der Waals surface area contributed by atoms with E-state index in [0.29, 0.717) is 22.9 Å². The predicted molar refractivity (Wildman–Crippen MR) is 71.6 cm³/mol. The molecule has 7 heteroatoms. The fourth-order valence-electron chi connectivity index (χ4n) is 2.08. The van der Waals surface area contributed by atoms with Gasteiger partial charge in [-0.15, -0.1) is 5.10 Å². The predicted octanol–water partition coefficient (Wildman–Crippen LogP) is 2.92. The maximum atomic E-state index is 12.7. The first-order valence-corrected chi connectivity index (χ1v) is 6.20. The minimum absolute atomic E-state index is 0.213. The molecular weight excluding hydrogens is 281 g/mol. The summed E-state index contributed by atoms with van der Waals surface area (Å²) in [6.45, 7) is 0. The standard InChI is InChI=1S/C14H11F3N4/c15-14(16,17)10-4-1-3-9(7-10)8-12-19-13-6-2-5-11(18)21(13)20-12/h1-7H,8,18H2. The number of nitrogen functional groups attached to an aromatic ring is 1. The van der Waals surface area contributed by atoms with Gasteiger partial charge in [0, 0.05) is 6.42 Å². The maximum absolute atomic E-state index is 12.7. The molecule has 0 saturated heterocycles. The summed E-state index contributed by atoms with van der Waals surface area (Å²) in [5.41, 5.74) is 6.14. The minimum Gasteiger partial charge on any atom is -0.384 e. The van der Waals surface area contributed by atoms with Crippen LogP contribution in [0.2, 0.25) is 0 Å². The number of alkyl halides is 3. The number of pyridine rings is 1. The van der Waals surface area contributed by atoms with Gasteiger partial charge in [-0.05, 0) is 23.8 Å². The SMILES string of the molecule is Nc1cccc2nc(Cc3cccc(C(F)(F)F)c3)nn12. The van der Waals surface area contributed by atoms with Crippen LogP contribution < -0.4 is 5.73 Å². The number of benzene rings is 1. The lowest BCUT2D eigenvalue weighted by Gasteiger charge is -2.07. The number of fused-ring (bicyclic) bond motifs is 1. The summed E-state index contributed by atoms with van der Waals surface area (Å²) in [6, 6.07) is 10.3. The van der Waals surface area contributed by atoms with E-state index in [-0.39, 0.29) is 6.42 Å². The summed E-state index contributed by atoms with van der Waals surface area (Å²) in [5.74, 6) is 0.850. The number of hydrogen-bond acceptors (Lipinski definition) is 3. The number of anilines is 1. The molecule has 0 saturated carbocycles. The lowest BCUT2D eigenvalue weighted by atomic mass is 10.1. The summed E-state index contributed by atoms with van der Waals surface area (Å²) in [4.78, 5) is 4.25. The van der Waals surface area contributed by atoms with Crippen molar-refractivity contribution in [2.45, 2.75) is 12.6 Å². The number of rotatable bonds is 2. The van der Waals surface area contributed by atoms with Crippen LogP contribution in [0.5, 0.6) is 0 Å². The Labute approximate surface area is 118 Å². The second kappa shape index (κ2) is 4.76. The van der Waals surface area contributed by atoms with Gasteiger partial charge in [0.1, 0.15) is 5.82 Å². The third-order valence-electron chi connectivity index (χ3n) is 3.05. The van der Waals surface area contributed by atoms with E-state index >= 15 is 0 Å². The van der Waals surface area contributed by atoms with E-state index in [2.05, 4.69) is 10.1 Å². The molecule has 0 aliphatic rings. The van der Waals surface area contributed by atoms with Crippen molar-refractivity contribution in [3.8, 4) is 0 Å². The Bertz CT molecular complexity index is 792. The van der Waals surface area contributed by atoms with E-state index in [1.165, 1.54) is 10.6 Å². The first-order chi connectivity index (χ1) is 9.93. The molecule has 21 heavy (non-hydrogen) atoms. The Morgan fingerprint density at radius 1 is 1.10 bits per heavy atom. The number of nitrogens with two attached hydrogens (primary N) is 1. The van der Waals surface area contributed by atoms with Gasteiger partial charge in [-0.3, -0.25) is 0 Å². The zero-order valence-corrected chi connectivity index (χ0v) is 10.8. The highest BCUT2D eigenvalue weighted by atomic mass is 19.4. The molecule has 0 atom stereocenters. The molecule has 1 aromatic carbocycles. The molecule has 0 spiro atoms. The van der Waals surface area contributed by atoms with Crippen LogP contribution in [0.3, 0.4) is 0 Å². The van der Waals surface area contributed by atoms with Crippen LogP contribution in [0.25, 0.3) is 5.65 Å². The molecule has 3 rings (SSSR count). The molecule has 0 radical (unpaired) electrons. The fourth-order valence-corrected chi connectivity index (χ4v) is 2.08. The highest BCUT2D eigenvalue weighted by molar-refractivity contribution is 5.46. The molecule has 0 amide bonds. The second-order valence-electron chi connectivity index (χ2n) is 4.62. The van der Waals surface area contributed by atoms with Crippen molar-refractivity contribution in [1.82, 2.24) is 14.6 Å². The fraction of sp³-hybridized carbons (Fsp3) is 0.143. The van der Waals surface area contributed by atoms with Crippen molar-refractivity contribution in [2.24, 2.45) is 0 Å². The van der Waals surface area contributed by atoms with Gasteiger partial charge in [0.05, 0.1) is 5.56 Å². The summed E-state index contributed by atoms with van der Waals surface area (Å²) < 4.78 is 39.5. The number of hydrogen-bond donors (Lipinski definition) is 1. The van der Waals surface area contributed by atoms with Crippen molar-refractivity contribution >= 4 is 11.5 Å². The Kier molecular flexibility index (Phi) is 3.04. The lowest BCUT2D eigenvalue weighted by molar-refractivity contribution is -0.137. The highest BCUT2D eigenvalue weighted by Crippen LogP contribution is 2.29. The molecular formula is C14H11F3N4. The second-order valence-corrected chi connectivity index (χ2v) is 4.62. The van der Waals surface area contributed by atoms with Crippen LogP contribution in [0.15, 0.2) is 42.5 Å². The van der Waals surface area contributed by atoms with Gasteiger partial charge in [-0.25, -0.2) is 4.98 Å². The van der Waals surface area contributed by atoms with E-state index in [1.807, 2.05) is 0 Å². The quantitative estimate of drug-likeness (QED) is 0.790. The third-order valence-corrected chi connectivity index (χ3v) is 3.05. The van der Waals surface area contributed by atoms with E-state index in [9.17, 15) is 13.2 Å². The molecule has 4 nitrogen and oxygen atoms in total. The number of nitrogens with zero attached hydrogens (tertiary/aromatic N) is 3. The van der Waals surface area contributed by atoms with Crippen LogP contribution in [0.1, 0.15) is 17.0 Å². The van der Waals surface area contributed by atoms with Crippen LogP contribution in [0, 0.1) is 0 Å². The zero-order valence-electron chi connectivity index (χ0n) is 10.8. The monoisotopic (exact) mass is 292 g/mol. The van der Waals surface area contributed by atoms with Crippen molar-refractivity contribution in [3.63, 3.8) is 0 Å². The first-order valence-electron chi connectivity index (χ1n) is 6.20. The molecule has 0 bridgehead atoms. The third kappa shape index (κ3) is 2.67. The zero-order chi connectivity index (χ0) is 15.0. The Morgan fingerprint density at radius 3 is 2.57 bits per heavy atom. The van der Waals surface area contributed by atoms with Gasteiger partial charge >= 0.3 is 6.18 Å². The molecule has 0 aliphatic heterocycles. The Hall–Kier alpha value is -2.57. The summed E-state index contributed by atoms with van der Waals surface area (Å²) >= 11 is 0. The molecule has 0 aliphatic carbocycles. The summed E-state index contributed by atoms with van der Waals surface area (Å²) in [6.07, 6.45) is -4.14. The van der Waals surface area contributed by atoms with Crippen LogP contribution in [-0.4, -0.2) is 14.6 Å². The van der Waals surface area contributed by atoms with E-state index < -0.39 is 11.7 Å². The van der Waals surface area contributed by atoms with E-state index in [4.69, 9.17) is 5.73 Å². The van der Waals surface area contributed by atoms with Crippen LogP contribution >= 0.6 is 0 Å². The Morgan fingerprint density at radius 2 is 1.86 bits per heavy atom. The van der Waals surface area contributed by atoms with Crippen LogP contribution in [-0.2, 0) is 12.6 Å². The summed E-state index contributed by atoms with van der Waals surface area (Å²) in [7, 11) is 0. The lowest BCUT2D eigenvalue weighted by Crippen LogP contribution is -2.05. The van der Waals surface area contributed by atoms with E-state index in [1.54, 1.807) is 24.3 Å². The summed E-state index contributed by atoms with van der Waals surface area (Å²) in [5, 5.41) is 4.20. The van der Waals surface area contributed by atoms with Gasteiger partial charge in [0.2, 0.25) is 0 Å². The van der Waals surface area contributed by atoms with Gasteiger partial charge in [0.25, 0.3) is 0 Å². The van der Waals surface area contributed by atoms with Crippen molar-refractivity contribution in [1.29, 1.82) is 0 Å². The largest absolute Gasteiger partial charge is 0.416 e. The molecule has 0 fully saturated rings. The molecule has 2 N–H and O–H groups in total. The van der Waals surface area contributed by atoms with Crippen molar-refractivity contribution < 1.29 is 13.2 Å².